The quantitative estimate of drug-likeness (QED) is 0.322. The highest BCUT2D eigenvalue weighted by Gasteiger charge is 2.27. The van der Waals surface area contributed by atoms with Crippen molar-refractivity contribution in [1.29, 1.82) is 0 Å². The molecule has 0 saturated carbocycles. The number of ether oxygens (including phenoxy) is 3. The Balaban J connectivity index is 1.87. The van der Waals surface area contributed by atoms with E-state index in [1.54, 1.807) is 33.2 Å². The summed E-state index contributed by atoms with van der Waals surface area (Å²) >= 11 is 0. The number of hydrogen-bond donors (Lipinski definition) is 1. The van der Waals surface area contributed by atoms with Crippen LogP contribution in [0.2, 0.25) is 0 Å². The minimum absolute atomic E-state index is 0.445. The second-order valence-electron chi connectivity index (χ2n) is 8.71. The van der Waals surface area contributed by atoms with Crippen LogP contribution in [0, 0.1) is 0 Å². The highest BCUT2D eigenvalue weighted by molar-refractivity contribution is 5.98. The van der Waals surface area contributed by atoms with E-state index in [0.717, 1.165) is 39.1 Å². The van der Waals surface area contributed by atoms with Crippen LogP contribution in [0.5, 0.6) is 11.5 Å². The predicted molar refractivity (Wildman–Crippen MR) is 149 cm³/mol. The Morgan fingerprint density at radius 3 is 2.05 bits per heavy atom. The van der Waals surface area contributed by atoms with Crippen LogP contribution in [-0.4, -0.2) is 48.1 Å². The fourth-order valence-electron chi connectivity index (χ4n) is 4.88. The van der Waals surface area contributed by atoms with E-state index in [2.05, 4.69) is 4.98 Å². The largest absolute Gasteiger partial charge is 0.494 e. The molecule has 0 saturated heterocycles. The highest BCUT2D eigenvalue weighted by Crippen LogP contribution is 2.45. The zero-order valence-electron chi connectivity index (χ0n) is 21.5. The van der Waals surface area contributed by atoms with Crippen LogP contribution in [0.1, 0.15) is 22.8 Å². The average Bonchev–Trinajstić information content (AvgIpc) is 3.72. The minimum atomic E-state index is 0.445. The van der Waals surface area contributed by atoms with Crippen LogP contribution in [0.4, 0.5) is 0 Å². The van der Waals surface area contributed by atoms with Crippen molar-refractivity contribution in [2.75, 3.05) is 28.4 Å². The zero-order valence-corrected chi connectivity index (χ0v) is 21.5. The molecule has 1 N–H and O–H groups in total. The molecular weight excluding hydrogens is 480 g/mol. The molecule has 0 atom stereocenters. The van der Waals surface area contributed by atoms with Crippen LogP contribution in [-0.2, 0) is 4.74 Å². The molecule has 3 aromatic heterocycles. The first kappa shape index (κ1) is 23.4. The molecule has 190 valence electrons. The van der Waals surface area contributed by atoms with Gasteiger partial charge < -0.3 is 24.0 Å². The third kappa shape index (κ3) is 3.87. The van der Waals surface area contributed by atoms with Crippen molar-refractivity contribution in [2.45, 2.75) is 0 Å². The predicted octanol–water partition coefficient (Wildman–Crippen LogP) is 5.85. The van der Waals surface area contributed by atoms with Gasteiger partial charge in [0.2, 0.25) is 0 Å². The van der Waals surface area contributed by atoms with Crippen molar-refractivity contribution >= 4 is 46.1 Å². The standard InChI is InChI=1S/C30H26N4O4/c1-35-25-17-23-15-21-11-10-19(31-21)14-20-12-13-22(32-20)16-24-26(18-8-6-5-7-9-18)29(36-2)28(34(24)38-4)30(37-3)27(25)33-23/h5-17,31H,1-4H3. The van der Waals surface area contributed by atoms with Crippen molar-refractivity contribution in [3.63, 3.8) is 0 Å². The maximum Gasteiger partial charge on any atom is 0.179 e. The van der Waals surface area contributed by atoms with Crippen molar-refractivity contribution in [1.82, 2.24) is 19.7 Å². The summed E-state index contributed by atoms with van der Waals surface area (Å²) in [6.07, 6.45) is 5.83. The number of H-pyrrole nitrogens is 1. The number of fused-ring (bicyclic) bond motifs is 8. The van der Waals surface area contributed by atoms with Crippen LogP contribution in [0.3, 0.4) is 0 Å². The molecular formula is C30H26N4O4. The molecule has 2 aliphatic rings. The summed E-state index contributed by atoms with van der Waals surface area (Å²) in [6.45, 7) is 0. The molecule has 0 unspecified atom stereocenters. The summed E-state index contributed by atoms with van der Waals surface area (Å²) in [5.41, 5.74) is 7.79. The van der Waals surface area contributed by atoms with E-state index in [0.29, 0.717) is 34.2 Å². The van der Waals surface area contributed by atoms with Gasteiger partial charge in [0.15, 0.2) is 28.5 Å². The van der Waals surface area contributed by atoms with Gasteiger partial charge in [0.1, 0.15) is 7.11 Å². The van der Waals surface area contributed by atoms with Crippen LogP contribution in [0.25, 0.3) is 57.2 Å². The molecule has 6 rings (SSSR count). The second kappa shape index (κ2) is 9.48. The SMILES string of the molecule is COC1=Cc2cc3ccc(cc4nc(cc5c(-c6ccccc6)c(OC)c(c(OC)c1n2)n5OC)C=C4)[nH]3. The average molecular weight is 507 g/mol. The first-order valence-corrected chi connectivity index (χ1v) is 12.1. The van der Waals surface area contributed by atoms with Crippen LogP contribution in [0.15, 0.2) is 60.7 Å². The zero-order chi connectivity index (χ0) is 26.2. The van der Waals surface area contributed by atoms with Crippen molar-refractivity contribution in [3.05, 3.63) is 83.4 Å². The number of aromatic amines is 1. The lowest BCUT2D eigenvalue weighted by Gasteiger charge is -2.10. The van der Waals surface area contributed by atoms with E-state index in [4.69, 9.17) is 29.0 Å². The molecule has 0 radical (unpaired) electrons. The summed E-state index contributed by atoms with van der Waals surface area (Å²) in [6, 6.07) is 19.9. The number of hydrogen-bond acceptors (Lipinski definition) is 6. The summed E-state index contributed by atoms with van der Waals surface area (Å²) in [4.78, 5) is 19.1. The molecule has 0 aliphatic carbocycles. The van der Waals surface area contributed by atoms with E-state index in [1.165, 1.54) is 0 Å². The lowest BCUT2D eigenvalue weighted by molar-refractivity contribution is 0.187. The third-order valence-corrected chi connectivity index (χ3v) is 6.48. The van der Waals surface area contributed by atoms with Gasteiger partial charge in [-0.3, -0.25) is 0 Å². The molecule has 0 fully saturated rings. The van der Waals surface area contributed by atoms with Gasteiger partial charge in [0, 0.05) is 17.1 Å². The fourth-order valence-corrected chi connectivity index (χ4v) is 4.88. The molecule has 8 nitrogen and oxygen atoms in total. The molecule has 4 aromatic rings. The van der Waals surface area contributed by atoms with Crippen molar-refractivity contribution < 1.29 is 19.0 Å². The van der Waals surface area contributed by atoms with Gasteiger partial charge in [-0.2, -0.15) is 4.73 Å². The molecule has 2 aliphatic heterocycles. The highest BCUT2D eigenvalue weighted by atomic mass is 16.6. The van der Waals surface area contributed by atoms with Gasteiger partial charge in [0.05, 0.1) is 49.5 Å². The molecule has 38 heavy (non-hydrogen) atoms. The van der Waals surface area contributed by atoms with Crippen molar-refractivity contribution in [3.8, 4) is 22.6 Å². The van der Waals surface area contributed by atoms with Gasteiger partial charge in [0.25, 0.3) is 0 Å². The summed E-state index contributed by atoms with van der Waals surface area (Å²) in [7, 11) is 6.45. The minimum Gasteiger partial charge on any atom is -0.494 e. The smallest absolute Gasteiger partial charge is 0.179 e. The lowest BCUT2D eigenvalue weighted by atomic mass is 10.1. The number of nitrogens with one attached hydrogen (secondary N) is 1. The topological polar surface area (TPSA) is 83.4 Å². The van der Waals surface area contributed by atoms with Crippen LogP contribution >= 0.6 is 0 Å². The van der Waals surface area contributed by atoms with Crippen molar-refractivity contribution in [2.24, 2.45) is 0 Å². The Hall–Kier alpha value is -4.98. The third-order valence-electron chi connectivity index (χ3n) is 6.48. The maximum absolute atomic E-state index is 6.05. The second-order valence-corrected chi connectivity index (χ2v) is 8.71. The Bertz CT molecular complexity index is 1760. The van der Waals surface area contributed by atoms with E-state index >= 15 is 0 Å². The first-order chi connectivity index (χ1) is 18.6. The number of methoxy groups -OCH3 is 3. The molecule has 5 heterocycles. The van der Waals surface area contributed by atoms with E-state index < -0.39 is 0 Å². The summed E-state index contributed by atoms with van der Waals surface area (Å²) < 4.78 is 19.5. The molecule has 8 heteroatoms. The van der Waals surface area contributed by atoms with Gasteiger partial charge in [-0.25, -0.2) is 9.97 Å². The number of aromatic nitrogens is 4. The Kier molecular flexibility index (Phi) is 5.84. The number of benzene rings is 1. The monoisotopic (exact) mass is 506 g/mol. The lowest BCUT2D eigenvalue weighted by Crippen LogP contribution is -2.06. The molecule has 0 spiro atoms. The Morgan fingerprint density at radius 1 is 0.711 bits per heavy atom. The van der Waals surface area contributed by atoms with E-state index in [1.807, 2.05) is 78.9 Å². The van der Waals surface area contributed by atoms with E-state index in [-0.39, 0.29) is 0 Å². The number of nitrogens with zero attached hydrogens (tertiary/aromatic N) is 3. The normalized spacial score (nSPS) is 12.3. The first-order valence-electron chi connectivity index (χ1n) is 12.1. The van der Waals surface area contributed by atoms with Gasteiger partial charge in [-0.05, 0) is 48.0 Å². The number of rotatable bonds is 5. The Morgan fingerprint density at radius 2 is 1.39 bits per heavy atom. The van der Waals surface area contributed by atoms with E-state index in [9.17, 15) is 0 Å². The summed E-state index contributed by atoms with van der Waals surface area (Å²) in [5.74, 6) is 1.59. The molecule has 8 bridgehead atoms. The maximum atomic E-state index is 6.05. The van der Waals surface area contributed by atoms with Gasteiger partial charge >= 0.3 is 0 Å². The summed E-state index contributed by atoms with van der Waals surface area (Å²) in [5, 5.41) is 0. The van der Waals surface area contributed by atoms with Gasteiger partial charge in [-0.15, -0.1) is 0 Å². The molecule has 0 amide bonds. The fraction of sp³-hybridized carbons (Fsp3) is 0.133. The van der Waals surface area contributed by atoms with Gasteiger partial charge in [-0.1, -0.05) is 30.3 Å². The molecule has 1 aromatic carbocycles. The van der Waals surface area contributed by atoms with Crippen LogP contribution < -0.4 is 14.3 Å². The Labute approximate surface area is 219 Å².